The topological polar surface area (TPSA) is 76.2 Å². The smallest absolute Gasteiger partial charge is 0.253 e. The molecule has 0 bridgehead atoms. The van der Waals surface area contributed by atoms with Crippen molar-refractivity contribution in [3.8, 4) is 12.3 Å². The maximum absolute atomic E-state index is 12.8. The van der Waals surface area contributed by atoms with Crippen LogP contribution >= 0.6 is 0 Å². The second-order valence-corrected chi connectivity index (χ2v) is 8.96. The summed E-state index contributed by atoms with van der Waals surface area (Å²) >= 11 is 0. The van der Waals surface area contributed by atoms with E-state index < -0.39 is 10.0 Å². The Labute approximate surface area is 166 Å². The highest BCUT2D eigenvalue weighted by Gasteiger charge is 2.28. The fourth-order valence-corrected chi connectivity index (χ4v) is 4.97. The minimum Gasteiger partial charge on any atom is -0.379 e. The van der Waals surface area contributed by atoms with Crippen LogP contribution in [0, 0.1) is 18.3 Å². The van der Waals surface area contributed by atoms with Gasteiger partial charge < -0.3 is 14.4 Å². The lowest BCUT2D eigenvalue weighted by Crippen LogP contribution is -2.41. The van der Waals surface area contributed by atoms with Gasteiger partial charge in [0.15, 0.2) is 0 Å². The van der Waals surface area contributed by atoms with Crippen LogP contribution in [0.4, 0.5) is 0 Å². The number of nitrogens with zero attached hydrogens (tertiary/aromatic N) is 2. The van der Waals surface area contributed by atoms with E-state index in [2.05, 4.69) is 5.92 Å². The van der Waals surface area contributed by atoms with Crippen LogP contribution < -0.4 is 0 Å². The zero-order valence-corrected chi connectivity index (χ0v) is 16.7. The van der Waals surface area contributed by atoms with E-state index in [4.69, 9.17) is 15.9 Å². The minimum atomic E-state index is -3.56. The summed E-state index contributed by atoms with van der Waals surface area (Å²) in [4.78, 5) is 14.8. The predicted octanol–water partition coefficient (Wildman–Crippen LogP) is 1.21. The predicted molar refractivity (Wildman–Crippen MR) is 104 cm³/mol. The fraction of sp³-hybridized carbons (Fsp3) is 0.550. The molecular formula is C20H26N2O5S. The molecule has 1 aromatic carbocycles. The number of carbonyl (C=O) groups excluding carboxylic acids is 1. The molecule has 1 atom stereocenters. The van der Waals surface area contributed by atoms with Gasteiger partial charge >= 0.3 is 0 Å². The van der Waals surface area contributed by atoms with Crippen molar-refractivity contribution in [2.45, 2.75) is 17.7 Å². The third kappa shape index (κ3) is 4.92. The monoisotopic (exact) mass is 406 g/mol. The average molecular weight is 407 g/mol. The lowest BCUT2D eigenvalue weighted by molar-refractivity contribution is 0.0534. The first-order valence-electron chi connectivity index (χ1n) is 9.51. The summed E-state index contributed by atoms with van der Waals surface area (Å²) in [6, 6.07) is 6.20. The van der Waals surface area contributed by atoms with Crippen molar-refractivity contribution in [2.75, 3.05) is 52.6 Å². The first kappa shape index (κ1) is 20.8. The van der Waals surface area contributed by atoms with Crippen LogP contribution in [-0.4, -0.2) is 76.1 Å². The molecule has 152 valence electrons. The quantitative estimate of drug-likeness (QED) is 0.524. The van der Waals surface area contributed by atoms with Gasteiger partial charge in [-0.05, 0) is 37.1 Å². The summed E-state index contributed by atoms with van der Waals surface area (Å²) in [5.41, 5.74) is 0.492. The zero-order valence-electron chi connectivity index (χ0n) is 15.9. The molecule has 2 heterocycles. The molecule has 0 radical (unpaired) electrons. The molecule has 0 N–H and O–H groups in total. The number of carbonyl (C=O) groups is 1. The lowest BCUT2D eigenvalue weighted by Gasteiger charge is -2.32. The molecule has 2 saturated heterocycles. The van der Waals surface area contributed by atoms with E-state index in [1.807, 2.05) is 0 Å². The summed E-state index contributed by atoms with van der Waals surface area (Å²) in [5.74, 6) is 2.63. The Kier molecular flexibility index (Phi) is 7.08. The molecule has 2 fully saturated rings. The van der Waals surface area contributed by atoms with Crippen molar-refractivity contribution < 1.29 is 22.7 Å². The van der Waals surface area contributed by atoms with Crippen molar-refractivity contribution >= 4 is 15.9 Å². The number of morpholine rings is 1. The summed E-state index contributed by atoms with van der Waals surface area (Å²) in [6.45, 7) is 3.64. The molecule has 2 aliphatic heterocycles. The first-order valence-corrected chi connectivity index (χ1v) is 10.9. The molecule has 1 aromatic rings. The molecule has 28 heavy (non-hydrogen) atoms. The Morgan fingerprint density at radius 1 is 1.21 bits per heavy atom. The van der Waals surface area contributed by atoms with Crippen LogP contribution in [-0.2, 0) is 19.5 Å². The highest BCUT2D eigenvalue weighted by molar-refractivity contribution is 7.89. The number of hydrogen-bond acceptors (Lipinski definition) is 5. The van der Waals surface area contributed by atoms with Gasteiger partial charge in [-0.3, -0.25) is 4.79 Å². The van der Waals surface area contributed by atoms with Crippen LogP contribution in [0.15, 0.2) is 29.2 Å². The van der Waals surface area contributed by atoms with Gasteiger partial charge in [-0.1, -0.05) is 5.92 Å². The van der Waals surface area contributed by atoms with Crippen LogP contribution in [0.25, 0.3) is 0 Å². The Morgan fingerprint density at radius 3 is 2.61 bits per heavy atom. The van der Waals surface area contributed by atoms with Crippen molar-refractivity contribution in [1.29, 1.82) is 0 Å². The highest BCUT2D eigenvalue weighted by atomic mass is 32.2. The van der Waals surface area contributed by atoms with E-state index in [1.54, 1.807) is 17.0 Å². The van der Waals surface area contributed by atoms with Crippen molar-refractivity contribution in [2.24, 2.45) is 5.92 Å². The van der Waals surface area contributed by atoms with E-state index >= 15 is 0 Å². The standard InChI is InChI=1S/C20H26N2O5S/c1-2-12-27-16-17-4-3-9-21(15-17)20(23)18-5-7-19(8-6-18)28(24,25)22-10-13-26-14-11-22/h1,5-8,17H,3-4,9-16H2. The summed E-state index contributed by atoms with van der Waals surface area (Å²) in [7, 11) is -3.56. The molecule has 7 nitrogen and oxygen atoms in total. The van der Waals surface area contributed by atoms with E-state index in [1.165, 1.54) is 16.4 Å². The number of hydrogen-bond donors (Lipinski definition) is 0. The van der Waals surface area contributed by atoms with Crippen LogP contribution in [0.5, 0.6) is 0 Å². The van der Waals surface area contributed by atoms with E-state index in [0.29, 0.717) is 51.6 Å². The van der Waals surface area contributed by atoms with Gasteiger partial charge in [0.05, 0.1) is 24.7 Å². The summed E-state index contributed by atoms with van der Waals surface area (Å²) in [6.07, 6.45) is 7.12. The molecular weight excluding hydrogens is 380 g/mol. The van der Waals surface area contributed by atoms with Gasteiger partial charge in [0.25, 0.3) is 5.91 Å². The second-order valence-electron chi connectivity index (χ2n) is 7.02. The number of piperidine rings is 1. The molecule has 0 aliphatic carbocycles. The SMILES string of the molecule is C#CCOCC1CCCN(C(=O)c2ccc(S(=O)(=O)N3CCOCC3)cc2)C1. The largest absolute Gasteiger partial charge is 0.379 e. The molecule has 1 unspecified atom stereocenters. The third-order valence-corrected chi connectivity index (χ3v) is 6.97. The molecule has 2 aliphatic rings. The molecule has 8 heteroatoms. The van der Waals surface area contributed by atoms with Crippen LogP contribution in [0.1, 0.15) is 23.2 Å². The number of terminal acetylenes is 1. The number of likely N-dealkylation sites (tertiary alicyclic amines) is 1. The Balaban J connectivity index is 1.64. The normalized spacial score (nSPS) is 21.2. The molecule has 0 aromatic heterocycles. The lowest BCUT2D eigenvalue weighted by atomic mass is 9.98. The molecule has 0 spiro atoms. The Bertz CT molecular complexity index is 810. The Morgan fingerprint density at radius 2 is 1.93 bits per heavy atom. The maximum Gasteiger partial charge on any atom is 0.253 e. The number of benzene rings is 1. The van der Waals surface area contributed by atoms with Crippen molar-refractivity contribution in [3.63, 3.8) is 0 Å². The highest BCUT2D eigenvalue weighted by Crippen LogP contribution is 2.21. The fourth-order valence-electron chi connectivity index (χ4n) is 3.56. The summed E-state index contributed by atoms with van der Waals surface area (Å²) in [5, 5.41) is 0. The number of rotatable bonds is 6. The van der Waals surface area contributed by atoms with E-state index in [-0.39, 0.29) is 23.3 Å². The molecule has 1 amide bonds. The van der Waals surface area contributed by atoms with Gasteiger partial charge in [0, 0.05) is 37.7 Å². The number of sulfonamides is 1. The van der Waals surface area contributed by atoms with Crippen LogP contribution in [0.3, 0.4) is 0 Å². The van der Waals surface area contributed by atoms with Crippen molar-refractivity contribution in [1.82, 2.24) is 9.21 Å². The van der Waals surface area contributed by atoms with Crippen molar-refractivity contribution in [3.05, 3.63) is 29.8 Å². The van der Waals surface area contributed by atoms with E-state index in [0.717, 1.165) is 12.8 Å². The second kappa shape index (κ2) is 9.52. The van der Waals surface area contributed by atoms with E-state index in [9.17, 15) is 13.2 Å². The molecule has 0 saturated carbocycles. The first-order chi connectivity index (χ1) is 13.5. The third-order valence-electron chi connectivity index (χ3n) is 5.05. The van der Waals surface area contributed by atoms with Gasteiger partial charge in [0.1, 0.15) is 6.61 Å². The zero-order chi connectivity index (χ0) is 20.0. The molecule has 3 rings (SSSR count). The Hall–Kier alpha value is -1.92. The number of amides is 1. The number of ether oxygens (including phenoxy) is 2. The summed E-state index contributed by atoms with van der Waals surface area (Å²) < 4.78 is 37.4. The van der Waals surface area contributed by atoms with Crippen LogP contribution in [0.2, 0.25) is 0 Å². The average Bonchev–Trinajstić information content (AvgIpc) is 2.74. The maximum atomic E-state index is 12.8. The van der Waals surface area contributed by atoms with Gasteiger partial charge in [0.2, 0.25) is 10.0 Å². The van der Waals surface area contributed by atoms with Gasteiger partial charge in [-0.25, -0.2) is 8.42 Å². The van der Waals surface area contributed by atoms with Gasteiger partial charge in [-0.15, -0.1) is 6.42 Å². The minimum absolute atomic E-state index is 0.0861. The van der Waals surface area contributed by atoms with Gasteiger partial charge in [-0.2, -0.15) is 4.31 Å².